The molecule has 6 heteroatoms. The number of fused-ring (bicyclic) bond motifs is 2. The zero-order chi connectivity index (χ0) is 17.2. The molecular weight excluding hydrogens is 312 g/mol. The molecule has 0 aromatic rings. The largest absolute Gasteiger partial charge is 0.241 e. The molecule has 0 saturated carbocycles. The standard InChI is InChI=1S/C19H40N6/c1-2-4-6-8-10-15-19-17-20-21-22-25(19)23-24-16-12-11-14-18(24)13-9-7-5-3-1/h18-23H,1-17H2. The topological polar surface area (TPSA) is 54.6 Å². The molecule has 25 heavy (non-hydrogen) atoms. The van der Waals surface area contributed by atoms with Gasteiger partial charge in [-0.15, -0.1) is 5.12 Å². The molecule has 3 heterocycles. The molecule has 3 aliphatic heterocycles. The van der Waals surface area contributed by atoms with Gasteiger partial charge in [0.25, 0.3) is 0 Å². The monoisotopic (exact) mass is 352 g/mol. The maximum atomic E-state index is 3.71. The van der Waals surface area contributed by atoms with Gasteiger partial charge in [-0.05, 0) is 25.7 Å². The van der Waals surface area contributed by atoms with Crippen LogP contribution in [0.2, 0.25) is 0 Å². The van der Waals surface area contributed by atoms with Crippen molar-refractivity contribution in [1.29, 1.82) is 0 Å². The van der Waals surface area contributed by atoms with E-state index >= 15 is 0 Å². The highest BCUT2D eigenvalue weighted by molar-refractivity contribution is 4.76. The molecule has 2 unspecified atom stereocenters. The second kappa shape index (κ2) is 11.5. The highest BCUT2D eigenvalue weighted by atomic mass is 16.0. The van der Waals surface area contributed by atoms with Crippen LogP contribution in [0.3, 0.4) is 0 Å². The Bertz CT molecular complexity index is 321. The second-order valence-corrected chi connectivity index (χ2v) is 8.20. The van der Waals surface area contributed by atoms with Crippen molar-refractivity contribution in [2.75, 3.05) is 13.1 Å². The molecule has 3 saturated heterocycles. The van der Waals surface area contributed by atoms with Gasteiger partial charge in [0, 0.05) is 19.1 Å². The molecule has 3 aliphatic rings. The lowest BCUT2D eigenvalue weighted by Gasteiger charge is -2.44. The third-order valence-corrected chi connectivity index (χ3v) is 6.16. The van der Waals surface area contributed by atoms with Crippen LogP contribution in [0.5, 0.6) is 0 Å². The summed E-state index contributed by atoms with van der Waals surface area (Å²) < 4.78 is 0. The molecular formula is C19H40N6. The molecule has 6 nitrogen and oxygen atoms in total. The first-order valence-corrected chi connectivity index (χ1v) is 11.0. The minimum atomic E-state index is 0.500. The summed E-state index contributed by atoms with van der Waals surface area (Å²) in [6.07, 6.45) is 20.8. The molecule has 0 aromatic heterocycles. The van der Waals surface area contributed by atoms with Crippen LogP contribution in [0.4, 0.5) is 0 Å². The van der Waals surface area contributed by atoms with Gasteiger partial charge in [0.2, 0.25) is 0 Å². The van der Waals surface area contributed by atoms with Crippen LogP contribution in [0.15, 0.2) is 0 Å². The number of hydrogen-bond acceptors (Lipinski definition) is 6. The van der Waals surface area contributed by atoms with Gasteiger partial charge in [-0.25, -0.2) is 10.4 Å². The summed E-state index contributed by atoms with van der Waals surface area (Å²) in [6, 6.07) is 1.20. The third kappa shape index (κ3) is 6.77. The van der Waals surface area contributed by atoms with Crippen molar-refractivity contribution >= 4 is 0 Å². The number of nitrogens with one attached hydrogen (secondary N) is 4. The molecule has 0 aliphatic carbocycles. The van der Waals surface area contributed by atoms with Crippen LogP contribution < -0.4 is 22.0 Å². The second-order valence-electron chi connectivity index (χ2n) is 8.20. The zero-order valence-corrected chi connectivity index (χ0v) is 16.1. The van der Waals surface area contributed by atoms with E-state index in [1.54, 1.807) is 0 Å². The minimum Gasteiger partial charge on any atom is -0.241 e. The summed E-state index contributed by atoms with van der Waals surface area (Å²) in [5.74, 6) is 0. The first-order chi connectivity index (χ1) is 12.4. The Morgan fingerprint density at radius 1 is 0.600 bits per heavy atom. The first kappa shape index (κ1) is 19.5. The van der Waals surface area contributed by atoms with E-state index in [0.29, 0.717) is 12.1 Å². The van der Waals surface area contributed by atoms with Crippen molar-refractivity contribution in [3.63, 3.8) is 0 Å². The molecule has 146 valence electrons. The fourth-order valence-corrected chi connectivity index (χ4v) is 4.53. The maximum Gasteiger partial charge on any atom is 0.0566 e. The Balaban J connectivity index is 1.56. The molecule has 3 rings (SSSR count). The number of nitrogens with zero attached hydrogens (tertiary/aromatic N) is 2. The normalized spacial score (nSPS) is 33.1. The van der Waals surface area contributed by atoms with Gasteiger partial charge in [0.05, 0.1) is 6.04 Å². The number of hydrazine groups is 5. The summed E-state index contributed by atoms with van der Waals surface area (Å²) in [5.41, 5.74) is 13.3. The van der Waals surface area contributed by atoms with E-state index in [-0.39, 0.29) is 0 Å². The summed E-state index contributed by atoms with van der Waals surface area (Å²) in [7, 11) is 0. The molecule has 4 N–H and O–H groups in total. The quantitative estimate of drug-likeness (QED) is 0.537. The predicted molar refractivity (Wildman–Crippen MR) is 103 cm³/mol. The van der Waals surface area contributed by atoms with Crippen LogP contribution in [0.25, 0.3) is 0 Å². The Morgan fingerprint density at radius 2 is 1.16 bits per heavy atom. The van der Waals surface area contributed by atoms with E-state index in [2.05, 4.69) is 32.2 Å². The molecule has 3 fully saturated rings. The van der Waals surface area contributed by atoms with Crippen LogP contribution >= 0.6 is 0 Å². The van der Waals surface area contributed by atoms with E-state index in [0.717, 1.165) is 6.54 Å². The van der Waals surface area contributed by atoms with Gasteiger partial charge < -0.3 is 0 Å². The average molecular weight is 353 g/mol. The van der Waals surface area contributed by atoms with E-state index in [4.69, 9.17) is 0 Å². The molecule has 0 spiro atoms. The van der Waals surface area contributed by atoms with Crippen molar-refractivity contribution in [1.82, 2.24) is 32.2 Å². The Hall–Kier alpha value is -0.240. The Morgan fingerprint density at radius 3 is 1.84 bits per heavy atom. The molecule has 0 bridgehead atoms. The zero-order valence-electron chi connectivity index (χ0n) is 16.1. The van der Waals surface area contributed by atoms with Gasteiger partial charge in [-0.1, -0.05) is 70.6 Å². The minimum absolute atomic E-state index is 0.500. The summed E-state index contributed by atoms with van der Waals surface area (Å²) >= 11 is 0. The van der Waals surface area contributed by atoms with Crippen LogP contribution in [-0.2, 0) is 0 Å². The summed E-state index contributed by atoms with van der Waals surface area (Å²) in [4.78, 5) is 0. The first-order valence-electron chi connectivity index (χ1n) is 11.0. The Kier molecular flexibility index (Phi) is 8.95. The molecule has 0 radical (unpaired) electrons. The average Bonchev–Trinajstić information content (AvgIpc) is 2.65. The van der Waals surface area contributed by atoms with Gasteiger partial charge in [-0.3, -0.25) is 0 Å². The summed E-state index contributed by atoms with van der Waals surface area (Å²) in [6.45, 7) is 2.15. The van der Waals surface area contributed by atoms with Crippen LogP contribution in [-0.4, -0.2) is 35.3 Å². The molecule has 0 amide bonds. The van der Waals surface area contributed by atoms with Crippen LogP contribution in [0, 0.1) is 0 Å². The predicted octanol–water partition coefficient (Wildman–Crippen LogP) is 3.15. The van der Waals surface area contributed by atoms with Gasteiger partial charge in [0.1, 0.15) is 0 Å². The van der Waals surface area contributed by atoms with Gasteiger partial charge >= 0.3 is 0 Å². The molecule has 2 atom stereocenters. The lowest BCUT2D eigenvalue weighted by molar-refractivity contribution is -0.111. The smallest absolute Gasteiger partial charge is 0.0566 e. The highest BCUT2D eigenvalue weighted by Crippen LogP contribution is 2.22. The molecule has 0 aromatic carbocycles. The fourth-order valence-electron chi connectivity index (χ4n) is 4.53. The van der Waals surface area contributed by atoms with Crippen molar-refractivity contribution in [3.8, 4) is 0 Å². The lowest BCUT2D eigenvalue weighted by Crippen LogP contribution is -2.72. The van der Waals surface area contributed by atoms with Gasteiger partial charge in [0.15, 0.2) is 0 Å². The highest BCUT2D eigenvalue weighted by Gasteiger charge is 2.28. The van der Waals surface area contributed by atoms with E-state index in [9.17, 15) is 0 Å². The van der Waals surface area contributed by atoms with Crippen molar-refractivity contribution < 1.29 is 0 Å². The van der Waals surface area contributed by atoms with Crippen LogP contribution in [0.1, 0.15) is 96.3 Å². The fraction of sp³-hybridized carbons (Fsp3) is 1.00. The number of hydrogen-bond donors (Lipinski definition) is 4. The number of piperidine rings is 1. The maximum absolute atomic E-state index is 3.71. The SMILES string of the molecule is C1CCCCCCC2CNNNN2NN2CCCCC2CCCCC1. The number of rotatable bonds is 0. The van der Waals surface area contributed by atoms with Crippen molar-refractivity contribution in [2.24, 2.45) is 0 Å². The summed E-state index contributed by atoms with van der Waals surface area (Å²) in [5, 5.41) is 4.72. The van der Waals surface area contributed by atoms with Crippen molar-refractivity contribution in [3.05, 3.63) is 0 Å². The third-order valence-electron chi connectivity index (χ3n) is 6.16. The van der Waals surface area contributed by atoms with Gasteiger partial charge in [-0.2, -0.15) is 16.6 Å². The van der Waals surface area contributed by atoms with E-state index < -0.39 is 0 Å². The van der Waals surface area contributed by atoms with E-state index in [1.807, 2.05) is 0 Å². The van der Waals surface area contributed by atoms with Crippen molar-refractivity contribution in [2.45, 2.75) is 108 Å². The van der Waals surface area contributed by atoms with E-state index in [1.165, 1.54) is 103 Å². The Labute approximate surface area is 154 Å². The lowest BCUT2D eigenvalue weighted by atomic mass is 9.97.